The second-order valence-electron chi connectivity index (χ2n) is 3.52. The van der Waals surface area contributed by atoms with Crippen LogP contribution in [0.25, 0.3) is 0 Å². The molecule has 0 aromatic heterocycles. The van der Waals surface area contributed by atoms with Crippen molar-refractivity contribution in [2.75, 3.05) is 19.7 Å². The molecule has 88 valence electrons. The van der Waals surface area contributed by atoms with Crippen molar-refractivity contribution in [3.8, 4) is 0 Å². The third-order valence-corrected chi connectivity index (χ3v) is 2.59. The van der Waals surface area contributed by atoms with Gasteiger partial charge in [0.05, 0.1) is 6.42 Å². The van der Waals surface area contributed by atoms with Gasteiger partial charge in [0.2, 0.25) is 0 Å². The average Bonchev–Trinajstić information content (AvgIpc) is 2.51. The van der Waals surface area contributed by atoms with Crippen molar-refractivity contribution in [2.45, 2.75) is 13.3 Å². The predicted molar refractivity (Wildman–Crippen MR) is 67.3 cm³/mol. The fourth-order valence-corrected chi connectivity index (χ4v) is 1.42. The van der Waals surface area contributed by atoms with Gasteiger partial charge in [0.1, 0.15) is 6.61 Å². The predicted octanol–water partition coefficient (Wildman–Crippen LogP) is 2.28. The van der Waals surface area contributed by atoms with Crippen LogP contribution in [0.4, 0.5) is 0 Å². The number of halogens is 1. The number of cyclic esters (lactones) is 1. The number of hydrogen-bond donors (Lipinski definition) is 1. The normalized spacial score (nSPS) is 15.5. The zero-order valence-electron chi connectivity index (χ0n) is 9.33. The van der Waals surface area contributed by atoms with Crippen LogP contribution in [-0.2, 0) is 9.53 Å². The topological polar surface area (TPSA) is 38.3 Å². The summed E-state index contributed by atoms with van der Waals surface area (Å²) in [4.78, 5) is 10.4. The van der Waals surface area contributed by atoms with Crippen molar-refractivity contribution in [1.82, 2.24) is 5.32 Å². The van der Waals surface area contributed by atoms with Crippen LogP contribution in [0.2, 0.25) is 0 Å². The minimum atomic E-state index is -0.0880. The smallest absolute Gasteiger partial charge is 0.307 e. The van der Waals surface area contributed by atoms with Gasteiger partial charge >= 0.3 is 5.97 Å². The molecular weight excluding hydrogens is 270 g/mol. The van der Waals surface area contributed by atoms with E-state index in [0.29, 0.717) is 13.0 Å². The summed E-state index contributed by atoms with van der Waals surface area (Å²) in [6.07, 6.45) is 0.514. The quantitative estimate of drug-likeness (QED) is 0.744. The first-order valence-corrected chi connectivity index (χ1v) is 6.06. The molecule has 1 saturated heterocycles. The molecule has 0 bridgehead atoms. The number of esters is 1. The number of ether oxygens (including phenoxy) is 1. The highest BCUT2D eigenvalue weighted by molar-refractivity contribution is 9.10. The summed E-state index contributed by atoms with van der Waals surface area (Å²) in [5.74, 6) is -0.0880. The maximum atomic E-state index is 10.4. The number of aryl methyl sites for hydroxylation is 1. The molecule has 0 unspecified atom stereocenters. The number of carbonyl (C=O) groups is 1. The highest BCUT2D eigenvalue weighted by Crippen LogP contribution is 2.08. The van der Waals surface area contributed by atoms with Gasteiger partial charge in [-0.1, -0.05) is 33.6 Å². The van der Waals surface area contributed by atoms with Crippen molar-refractivity contribution in [1.29, 1.82) is 0 Å². The number of rotatable bonds is 0. The number of nitrogens with one attached hydrogen (secondary N) is 1. The van der Waals surface area contributed by atoms with Crippen LogP contribution in [0, 0.1) is 6.92 Å². The van der Waals surface area contributed by atoms with Gasteiger partial charge in [0, 0.05) is 17.6 Å². The largest absolute Gasteiger partial charge is 0.464 e. The van der Waals surface area contributed by atoms with Gasteiger partial charge < -0.3 is 10.1 Å². The van der Waals surface area contributed by atoms with E-state index in [1.807, 2.05) is 12.1 Å². The van der Waals surface area contributed by atoms with Gasteiger partial charge in [-0.05, 0) is 19.1 Å². The lowest BCUT2D eigenvalue weighted by molar-refractivity contribution is -0.142. The zero-order valence-corrected chi connectivity index (χ0v) is 10.9. The van der Waals surface area contributed by atoms with Gasteiger partial charge in [-0.25, -0.2) is 0 Å². The molecule has 2 rings (SSSR count). The fourth-order valence-electron chi connectivity index (χ4n) is 1.16. The molecule has 3 nitrogen and oxygen atoms in total. The van der Waals surface area contributed by atoms with Crippen LogP contribution < -0.4 is 5.32 Å². The highest BCUT2D eigenvalue weighted by atomic mass is 79.9. The molecule has 0 radical (unpaired) electrons. The lowest BCUT2D eigenvalue weighted by Gasteiger charge is -1.93. The standard InChI is InChI=1S/C7H7Br.C5H9NO2/c1-6-2-4-7(8)5-3-6;7-5-1-2-6-3-4-8-5/h2-5H,1H3;6H,1-4H2. The Hall–Kier alpha value is -0.870. The maximum Gasteiger partial charge on any atom is 0.307 e. The number of hydrogen-bond acceptors (Lipinski definition) is 3. The summed E-state index contributed by atoms with van der Waals surface area (Å²) in [6.45, 7) is 4.16. The molecule has 1 N–H and O–H groups in total. The molecule has 1 aliphatic rings. The number of benzene rings is 1. The third-order valence-electron chi connectivity index (χ3n) is 2.06. The Labute approximate surface area is 104 Å². The first kappa shape index (κ1) is 13.2. The second-order valence-corrected chi connectivity index (χ2v) is 4.43. The van der Waals surface area contributed by atoms with E-state index in [4.69, 9.17) is 4.74 Å². The molecular formula is C12H16BrNO2. The Balaban J connectivity index is 0.000000160. The molecule has 0 saturated carbocycles. The van der Waals surface area contributed by atoms with Gasteiger partial charge in [0.25, 0.3) is 0 Å². The SMILES string of the molecule is Cc1ccc(Br)cc1.O=C1CCNCCO1. The summed E-state index contributed by atoms with van der Waals surface area (Å²) in [5, 5.41) is 3.03. The zero-order chi connectivity index (χ0) is 11.8. The van der Waals surface area contributed by atoms with Crippen LogP contribution in [-0.4, -0.2) is 25.7 Å². The number of carbonyl (C=O) groups excluding carboxylic acids is 1. The minimum absolute atomic E-state index is 0.0880. The molecule has 1 fully saturated rings. The van der Waals surface area contributed by atoms with Crippen molar-refractivity contribution in [3.05, 3.63) is 34.3 Å². The molecule has 1 aromatic rings. The van der Waals surface area contributed by atoms with E-state index in [-0.39, 0.29) is 5.97 Å². The lowest BCUT2D eigenvalue weighted by Crippen LogP contribution is -2.16. The van der Waals surface area contributed by atoms with E-state index in [2.05, 4.69) is 40.3 Å². The molecule has 1 heterocycles. The van der Waals surface area contributed by atoms with E-state index in [1.165, 1.54) is 5.56 Å². The van der Waals surface area contributed by atoms with Crippen LogP contribution >= 0.6 is 15.9 Å². The molecule has 1 aliphatic heterocycles. The van der Waals surface area contributed by atoms with E-state index in [9.17, 15) is 4.79 Å². The Morgan fingerprint density at radius 2 is 1.94 bits per heavy atom. The Morgan fingerprint density at radius 3 is 2.56 bits per heavy atom. The summed E-state index contributed by atoms with van der Waals surface area (Å²) in [7, 11) is 0. The van der Waals surface area contributed by atoms with Gasteiger partial charge in [-0.2, -0.15) is 0 Å². The summed E-state index contributed by atoms with van der Waals surface area (Å²) >= 11 is 3.35. The summed E-state index contributed by atoms with van der Waals surface area (Å²) < 4.78 is 5.84. The van der Waals surface area contributed by atoms with Crippen LogP contribution in [0.3, 0.4) is 0 Å². The molecule has 4 heteroatoms. The van der Waals surface area contributed by atoms with Gasteiger partial charge in [0.15, 0.2) is 0 Å². The van der Waals surface area contributed by atoms with E-state index in [0.717, 1.165) is 17.6 Å². The van der Waals surface area contributed by atoms with Crippen LogP contribution in [0.15, 0.2) is 28.7 Å². The van der Waals surface area contributed by atoms with Crippen molar-refractivity contribution in [2.24, 2.45) is 0 Å². The van der Waals surface area contributed by atoms with Gasteiger partial charge in [-0.3, -0.25) is 4.79 Å². The molecule has 1 aromatic carbocycles. The average molecular weight is 286 g/mol. The third kappa shape index (κ3) is 5.88. The van der Waals surface area contributed by atoms with Crippen LogP contribution in [0.1, 0.15) is 12.0 Å². The fraction of sp³-hybridized carbons (Fsp3) is 0.417. The summed E-state index contributed by atoms with van der Waals surface area (Å²) in [5.41, 5.74) is 1.30. The van der Waals surface area contributed by atoms with Crippen molar-refractivity contribution in [3.63, 3.8) is 0 Å². The second kappa shape index (κ2) is 7.41. The van der Waals surface area contributed by atoms with Crippen LogP contribution in [0.5, 0.6) is 0 Å². The minimum Gasteiger partial charge on any atom is -0.464 e. The van der Waals surface area contributed by atoms with Crippen molar-refractivity contribution < 1.29 is 9.53 Å². The molecule has 0 aliphatic carbocycles. The highest BCUT2D eigenvalue weighted by Gasteiger charge is 2.04. The Kier molecular flexibility index (Phi) is 6.11. The van der Waals surface area contributed by atoms with E-state index >= 15 is 0 Å². The maximum absolute atomic E-state index is 10.4. The van der Waals surface area contributed by atoms with E-state index < -0.39 is 0 Å². The summed E-state index contributed by atoms with van der Waals surface area (Å²) in [6, 6.07) is 8.22. The Bertz CT molecular complexity index is 293. The molecule has 16 heavy (non-hydrogen) atoms. The molecule has 0 spiro atoms. The van der Waals surface area contributed by atoms with E-state index in [1.54, 1.807) is 0 Å². The first-order chi connectivity index (χ1) is 7.68. The monoisotopic (exact) mass is 285 g/mol. The van der Waals surface area contributed by atoms with Gasteiger partial charge in [-0.15, -0.1) is 0 Å². The molecule has 0 atom stereocenters. The Morgan fingerprint density at radius 1 is 1.25 bits per heavy atom. The lowest BCUT2D eigenvalue weighted by atomic mass is 10.2. The molecule has 0 amide bonds. The first-order valence-electron chi connectivity index (χ1n) is 5.27. The van der Waals surface area contributed by atoms with Crippen molar-refractivity contribution >= 4 is 21.9 Å².